The summed E-state index contributed by atoms with van der Waals surface area (Å²) in [6.45, 7) is 0.420. The molecule has 4 heteroatoms. The summed E-state index contributed by atoms with van der Waals surface area (Å²) in [5, 5.41) is 9.30. The van der Waals surface area contributed by atoms with Gasteiger partial charge in [0.15, 0.2) is 0 Å². The second kappa shape index (κ2) is 4.11. The van der Waals surface area contributed by atoms with Crippen LogP contribution in [0.2, 0.25) is 0 Å². The number of ether oxygens (including phenoxy) is 1. The Kier molecular flexibility index (Phi) is 3.11. The van der Waals surface area contributed by atoms with Gasteiger partial charge in [-0.2, -0.15) is 0 Å². The number of phenols is 1. The lowest BCUT2D eigenvalue weighted by Gasteiger charge is -2.11. The molecule has 4 nitrogen and oxygen atoms in total. The van der Waals surface area contributed by atoms with Crippen LogP contribution in [0.25, 0.3) is 0 Å². The normalized spacial score (nSPS) is 12.8. The number of hydrogen-bond acceptors (Lipinski definition) is 4. The molecule has 0 spiro atoms. The Bertz CT molecular complexity index is 289. The van der Waals surface area contributed by atoms with Gasteiger partial charge >= 0.3 is 0 Å². The van der Waals surface area contributed by atoms with Crippen molar-refractivity contribution in [3.05, 3.63) is 23.8 Å². The predicted molar refractivity (Wildman–Crippen MR) is 51.3 cm³/mol. The van der Waals surface area contributed by atoms with Crippen molar-refractivity contribution in [3.8, 4) is 5.75 Å². The summed E-state index contributed by atoms with van der Waals surface area (Å²) in [7, 11) is 1.58. The van der Waals surface area contributed by atoms with Gasteiger partial charge in [-0.15, -0.1) is 0 Å². The Morgan fingerprint density at radius 2 is 2.23 bits per heavy atom. The van der Waals surface area contributed by atoms with E-state index in [4.69, 9.17) is 16.2 Å². The zero-order valence-electron chi connectivity index (χ0n) is 7.53. The maximum Gasteiger partial charge on any atom is 0.138 e. The van der Waals surface area contributed by atoms with Gasteiger partial charge in [0.1, 0.15) is 5.75 Å². The number of rotatable bonds is 3. The van der Waals surface area contributed by atoms with Crippen LogP contribution in [-0.2, 0) is 4.74 Å². The molecule has 0 bridgehead atoms. The van der Waals surface area contributed by atoms with Crippen LogP contribution < -0.4 is 11.5 Å². The van der Waals surface area contributed by atoms with Crippen molar-refractivity contribution in [1.29, 1.82) is 0 Å². The molecule has 1 rings (SSSR count). The Hall–Kier alpha value is -1.26. The van der Waals surface area contributed by atoms with Gasteiger partial charge in [0.25, 0.3) is 0 Å². The third-order valence-electron chi connectivity index (χ3n) is 1.83. The zero-order valence-corrected chi connectivity index (χ0v) is 7.53. The van der Waals surface area contributed by atoms with E-state index >= 15 is 0 Å². The molecule has 72 valence electrons. The molecule has 0 aliphatic carbocycles. The standard InChI is InChI=1S/C9H14N2O2/c1-13-5-8(11)6-2-3-7(10)9(12)4-6/h2-4,8,12H,5,10-11H2,1H3/t8-/m1/s1. The van der Waals surface area contributed by atoms with Crippen molar-refractivity contribution in [1.82, 2.24) is 0 Å². The van der Waals surface area contributed by atoms with Gasteiger partial charge in [0.05, 0.1) is 18.3 Å². The largest absolute Gasteiger partial charge is 0.506 e. The summed E-state index contributed by atoms with van der Waals surface area (Å²) in [5.41, 5.74) is 12.4. The molecule has 1 atom stereocenters. The molecule has 1 aromatic rings. The molecule has 0 unspecified atom stereocenters. The Morgan fingerprint density at radius 3 is 2.77 bits per heavy atom. The molecular formula is C9H14N2O2. The maximum atomic E-state index is 9.30. The molecule has 0 amide bonds. The minimum Gasteiger partial charge on any atom is -0.506 e. The molecule has 0 aliphatic rings. The highest BCUT2D eigenvalue weighted by molar-refractivity contribution is 5.53. The van der Waals surface area contributed by atoms with E-state index < -0.39 is 0 Å². The van der Waals surface area contributed by atoms with Crippen LogP contribution in [0, 0.1) is 0 Å². The summed E-state index contributed by atoms with van der Waals surface area (Å²) < 4.78 is 4.89. The summed E-state index contributed by atoms with van der Waals surface area (Å²) in [6.07, 6.45) is 0. The number of methoxy groups -OCH3 is 1. The number of benzene rings is 1. The summed E-state index contributed by atoms with van der Waals surface area (Å²) in [5.74, 6) is 0.0593. The minimum absolute atomic E-state index is 0.0593. The van der Waals surface area contributed by atoms with Gasteiger partial charge < -0.3 is 21.3 Å². The van der Waals surface area contributed by atoms with Gasteiger partial charge in [0.2, 0.25) is 0 Å². The minimum atomic E-state index is -0.225. The van der Waals surface area contributed by atoms with Crippen LogP contribution in [0.4, 0.5) is 5.69 Å². The van der Waals surface area contributed by atoms with Crippen molar-refractivity contribution in [2.45, 2.75) is 6.04 Å². The summed E-state index contributed by atoms with van der Waals surface area (Å²) in [4.78, 5) is 0. The molecule has 0 radical (unpaired) electrons. The molecular weight excluding hydrogens is 168 g/mol. The molecule has 0 aliphatic heterocycles. The number of nitrogens with two attached hydrogens (primary N) is 2. The second-order valence-corrected chi connectivity index (χ2v) is 2.88. The van der Waals surface area contributed by atoms with Crippen LogP contribution in [-0.4, -0.2) is 18.8 Å². The van der Waals surface area contributed by atoms with Crippen molar-refractivity contribution in [2.75, 3.05) is 19.5 Å². The van der Waals surface area contributed by atoms with Gasteiger partial charge in [-0.1, -0.05) is 6.07 Å². The van der Waals surface area contributed by atoms with E-state index in [9.17, 15) is 5.11 Å². The molecule has 0 fully saturated rings. The Labute approximate surface area is 77.1 Å². The van der Waals surface area contributed by atoms with Crippen molar-refractivity contribution >= 4 is 5.69 Å². The van der Waals surface area contributed by atoms with Crippen LogP contribution >= 0.6 is 0 Å². The third-order valence-corrected chi connectivity index (χ3v) is 1.83. The van der Waals surface area contributed by atoms with Crippen LogP contribution in [0.15, 0.2) is 18.2 Å². The first kappa shape index (κ1) is 9.83. The molecule has 0 saturated heterocycles. The summed E-state index contributed by atoms with van der Waals surface area (Å²) >= 11 is 0. The lowest BCUT2D eigenvalue weighted by Crippen LogP contribution is -2.15. The summed E-state index contributed by atoms with van der Waals surface area (Å²) in [6, 6.07) is 4.73. The van der Waals surface area contributed by atoms with Crippen molar-refractivity contribution < 1.29 is 9.84 Å². The van der Waals surface area contributed by atoms with Gasteiger partial charge in [-0.25, -0.2) is 0 Å². The SMILES string of the molecule is COC[C@@H](N)c1ccc(N)c(O)c1. The number of phenolic OH excluding ortho intramolecular Hbond substituents is 1. The van der Waals surface area contributed by atoms with Gasteiger partial charge in [0, 0.05) is 7.11 Å². The van der Waals surface area contributed by atoms with E-state index in [0.717, 1.165) is 5.56 Å². The Balaban J connectivity index is 2.84. The molecule has 0 aromatic heterocycles. The van der Waals surface area contributed by atoms with E-state index in [2.05, 4.69) is 0 Å². The molecule has 1 aromatic carbocycles. The quantitative estimate of drug-likeness (QED) is 0.473. The van der Waals surface area contributed by atoms with Crippen molar-refractivity contribution in [3.63, 3.8) is 0 Å². The first-order chi connectivity index (χ1) is 6.15. The van der Waals surface area contributed by atoms with E-state index in [0.29, 0.717) is 12.3 Å². The fourth-order valence-electron chi connectivity index (χ4n) is 1.07. The number of nitrogen functional groups attached to an aromatic ring is 1. The zero-order chi connectivity index (χ0) is 9.84. The second-order valence-electron chi connectivity index (χ2n) is 2.88. The van der Waals surface area contributed by atoms with Crippen LogP contribution in [0.3, 0.4) is 0 Å². The molecule has 5 N–H and O–H groups in total. The predicted octanol–water partition coefficient (Wildman–Crippen LogP) is 0.621. The lowest BCUT2D eigenvalue weighted by atomic mass is 10.1. The maximum absolute atomic E-state index is 9.30. The molecule has 0 heterocycles. The average Bonchev–Trinajstić information content (AvgIpc) is 2.10. The topological polar surface area (TPSA) is 81.5 Å². The fraction of sp³-hybridized carbons (Fsp3) is 0.333. The fourth-order valence-corrected chi connectivity index (χ4v) is 1.07. The average molecular weight is 182 g/mol. The van der Waals surface area contributed by atoms with Gasteiger partial charge in [-0.3, -0.25) is 0 Å². The van der Waals surface area contributed by atoms with Gasteiger partial charge in [-0.05, 0) is 17.7 Å². The highest BCUT2D eigenvalue weighted by Crippen LogP contribution is 2.23. The van der Waals surface area contributed by atoms with E-state index in [1.165, 1.54) is 0 Å². The molecule has 0 saturated carbocycles. The number of hydrogen-bond donors (Lipinski definition) is 3. The first-order valence-corrected chi connectivity index (χ1v) is 3.98. The Morgan fingerprint density at radius 1 is 1.54 bits per heavy atom. The number of anilines is 1. The lowest BCUT2D eigenvalue weighted by molar-refractivity contribution is 0.181. The van der Waals surface area contributed by atoms with E-state index in [1.54, 1.807) is 25.3 Å². The van der Waals surface area contributed by atoms with Crippen LogP contribution in [0.1, 0.15) is 11.6 Å². The highest BCUT2D eigenvalue weighted by atomic mass is 16.5. The van der Waals surface area contributed by atoms with E-state index in [1.807, 2.05) is 0 Å². The monoisotopic (exact) mass is 182 g/mol. The van der Waals surface area contributed by atoms with Crippen molar-refractivity contribution in [2.24, 2.45) is 5.73 Å². The first-order valence-electron chi connectivity index (χ1n) is 3.98. The molecule has 13 heavy (non-hydrogen) atoms. The third kappa shape index (κ3) is 2.34. The van der Waals surface area contributed by atoms with Crippen LogP contribution in [0.5, 0.6) is 5.75 Å². The highest BCUT2D eigenvalue weighted by Gasteiger charge is 2.07. The smallest absolute Gasteiger partial charge is 0.138 e. The van der Waals surface area contributed by atoms with E-state index in [-0.39, 0.29) is 11.8 Å². The number of aromatic hydroxyl groups is 1.